The first-order valence-electron chi connectivity index (χ1n) is 7.51. The number of carbonyl (C=O) groups is 1. The lowest BCUT2D eigenvalue weighted by Crippen LogP contribution is -2.06. The van der Waals surface area contributed by atoms with E-state index in [9.17, 15) is 4.79 Å². The number of rotatable bonds is 2. The molecule has 0 heterocycles. The van der Waals surface area contributed by atoms with Crippen molar-refractivity contribution in [3.8, 4) is 23.7 Å². The van der Waals surface area contributed by atoms with Gasteiger partial charge >= 0.3 is 5.97 Å². The Kier molecular flexibility index (Phi) is 6.26. The fourth-order valence-electron chi connectivity index (χ4n) is 1.91. The Hall–Kier alpha value is -3.43. The number of carbonyl (C=O) groups excluding carboxylic acids is 1. The second-order valence-electron chi connectivity index (χ2n) is 4.73. The summed E-state index contributed by atoms with van der Waals surface area (Å²) in [4.78, 5) is 11.8. The first kappa shape index (κ1) is 16.9. The van der Waals surface area contributed by atoms with E-state index < -0.39 is 0 Å². The minimum absolute atomic E-state index is 0.332. The zero-order valence-electron chi connectivity index (χ0n) is 13.4. The highest BCUT2D eigenvalue weighted by Gasteiger charge is 2.09. The summed E-state index contributed by atoms with van der Waals surface area (Å²) in [6.45, 7) is 2.10. The van der Waals surface area contributed by atoms with E-state index in [0.717, 1.165) is 5.56 Å². The summed E-state index contributed by atoms with van der Waals surface area (Å²) in [7, 11) is 0. The van der Waals surface area contributed by atoms with Crippen molar-refractivity contribution < 1.29 is 9.53 Å². The zero-order chi connectivity index (χ0) is 17.2. The van der Waals surface area contributed by atoms with Gasteiger partial charge in [0, 0.05) is 16.8 Å². The third kappa shape index (κ3) is 4.80. The second-order valence-corrected chi connectivity index (χ2v) is 4.73. The molecule has 0 atom stereocenters. The van der Waals surface area contributed by atoms with Gasteiger partial charge in [0.1, 0.15) is 0 Å². The molecular formula is C21H17NO2. The van der Waals surface area contributed by atoms with Crippen LogP contribution in [0.25, 0.3) is 0 Å². The number of ether oxygens (including phenoxy) is 1. The summed E-state index contributed by atoms with van der Waals surface area (Å²) >= 11 is 0. The van der Waals surface area contributed by atoms with E-state index >= 15 is 0 Å². The Bertz CT molecular complexity index is 874. The van der Waals surface area contributed by atoms with E-state index in [2.05, 4.69) is 23.7 Å². The average molecular weight is 315 g/mol. The lowest BCUT2D eigenvalue weighted by Gasteiger charge is -2.03. The molecule has 2 N–H and O–H groups in total. The first-order chi connectivity index (χ1) is 11.7. The number of anilines is 1. The van der Waals surface area contributed by atoms with Crippen LogP contribution in [0.15, 0.2) is 60.7 Å². The van der Waals surface area contributed by atoms with Crippen LogP contribution in [-0.4, -0.2) is 12.6 Å². The molecule has 0 radical (unpaired) electrons. The third-order valence-corrected chi connectivity index (χ3v) is 3.05. The van der Waals surface area contributed by atoms with Crippen molar-refractivity contribution in [1.82, 2.24) is 0 Å². The van der Waals surface area contributed by atoms with Crippen LogP contribution < -0.4 is 5.73 Å². The number of allylic oxidation sites excluding steroid dienone is 2. The molecule has 0 saturated carbocycles. The van der Waals surface area contributed by atoms with Crippen LogP contribution in [-0.2, 0) is 4.74 Å². The number of hydrogen-bond acceptors (Lipinski definition) is 3. The quantitative estimate of drug-likeness (QED) is 0.525. The van der Waals surface area contributed by atoms with Crippen LogP contribution in [0.5, 0.6) is 0 Å². The van der Waals surface area contributed by atoms with Crippen LogP contribution in [0.4, 0.5) is 5.69 Å². The highest BCUT2D eigenvalue weighted by molar-refractivity contribution is 5.92. The molecule has 0 aromatic heterocycles. The molecule has 0 aliphatic heterocycles. The Morgan fingerprint density at radius 3 is 2.25 bits per heavy atom. The Balaban J connectivity index is 2.09. The van der Waals surface area contributed by atoms with Crippen LogP contribution in [0.1, 0.15) is 28.4 Å². The first-order valence-corrected chi connectivity index (χ1v) is 7.51. The predicted octanol–water partition coefficient (Wildman–Crippen LogP) is 3.40. The molecule has 0 bridgehead atoms. The lowest BCUT2D eigenvalue weighted by molar-refractivity contribution is 0.0526. The number of hydrogen-bond donors (Lipinski definition) is 1. The Labute approximate surface area is 142 Å². The molecule has 3 nitrogen and oxygen atoms in total. The lowest BCUT2D eigenvalue weighted by atomic mass is 10.1. The van der Waals surface area contributed by atoms with Crippen molar-refractivity contribution >= 4 is 11.7 Å². The van der Waals surface area contributed by atoms with Gasteiger partial charge in [-0.3, -0.25) is 0 Å². The van der Waals surface area contributed by atoms with Crippen LogP contribution in [0.2, 0.25) is 0 Å². The smallest absolute Gasteiger partial charge is 0.339 e. The standard InChI is InChI=1S/C21H17NO2/c1-2-24-21(23)19-15-9-7-12-17(19)11-5-3-4-6-13-18-14-8-10-16-20(18)22/h3-4,7-10,12,14-16H,2,22H2,1H3/b4-3-. The molecule has 0 fully saturated rings. The summed E-state index contributed by atoms with van der Waals surface area (Å²) in [5, 5.41) is 0. The molecule has 0 aliphatic rings. The molecule has 0 saturated heterocycles. The average Bonchev–Trinajstić information content (AvgIpc) is 2.60. The minimum atomic E-state index is -0.370. The second kappa shape index (κ2) is 8.88. The SMILES string of the molecule is CCOC(=O)c1ccccc1C#C/C=C\C#Cc1ccccc1N. The van der Waals surface area contributed by atoms with Gasteiger partial charge in [-0.05, 0) is 43.3 Å². The highest BCUT2D eigenvalue weighted by Crippen LogP contribution is 2.09. The van der Waals surface area contributed by atoms with Crippen molar-refractivity contribution in [3.05, 3.63) is 77.4 Å². The maximum Gasteiger partial charge on any atom is 0.339 e. The Morgan fingerprint density at radius 1 is 1.00 bits per heavy atom. The normalized spacial score (nSPS) is 9.54. The topological polar surface area (TPSA) is 52.3 Å². The number of nitrogen functional groups attached to an aromatic ring is 1. The van der Waals surface area contributed by atoms with Gasteiger partial charge in [0.2, 0.25) is 0 Å². The summed E-state index contributed by atoms with van der Waals surface area (Å²) in [6.07, 6.45) is 3.28. The van der Waals surface area contributed by atoms with Crippen LogP contribution in [0, 0.1) is 23.7 Å². The minimum Gasteiger partial charge on any atom is -0.462 e. The van der Waals surface area contributed by atoms with Crippen LogP contribution in [0.3, 0.4) is 0 Å². The number of benzene rings is 2. The van der Waals surface area contributed by atoms with Gasteiger partial charge in [0.25, 0.3) is 0 Å². The zero-order valence-corrected chi connectivity index (χ0v) is 13.4. The van der Waals surface area contributed by atoms with Gasteiger partial charge in [0.05, 0.1) is 12.2 Å². The van der Waals surface area contributed by atoms with E-state index in [0.29, 0.717) is 23.4 Å². The molecule has 3 heteroatoms. The molecule has 2 aromatic rings. The van der Waals surface area contributed by atoms with Crippen molar-refractivity contribution in [3.63, 3.8) is 0 Å². The van der Waals surface area contributed by atoms with E-state index in [-0.39, 0.29) is 5.97 Å². The monoisotopic (exact) mass is 315 g/mol. The van der Waals surface area contributed by atoms with Crippen molar-refractivity contribution in [2.45, 2.75) is 6.92 Å². The highest BCUT2D eigenvalue weighted by atomic mass is 16.5. The molecule has 2 aromatic carbocycles. The van der Waals surface area contributed by atoms with E-state index in [4.69, 9.17) is 10.5 Å². The molecular weight excluding hydrogens is 298 g/mol. The molecule has 2 rings (SSSR count). The van der Waals surface area contributed by atoms with Crippen LogP contribution >= 0.6 is 0 Å². The maximum atomic E-state index is 11.8. The van der Waals surface area contributed by atoms with Gasteiger partial charge in [0.15, 0.2) is 0 Å². The summed E-state index contributed by atoms with van der Waals surface area (Å²) < 4.78 is 5.01. The van der Waals surface area contributed by atoms with E-state index in [1.165, 1.54) is 0 Å². The van der Waals surface area contributed by atoms with Gasteiger partial charge < -0.3 is 10.5 Å². The molecule has 0 unspecified atom stereocenters. The molecule has 118 valence electrons. The molecule has 0 amide bonds. The number of para-hydroxylation sites is 1. The van der Waals surface area contributed by atoms with Gasteiger partial charge in [-0.1, -0.05) is 47.9 Å². The number of esters is 1. The van der Waals surface area contributed by atoms with E-state index in [1.807, 2.05) is 24.3 Å². The molecule has 0 spiro atoms. The third-order valence-electron chi connectivity index (χ3n) is 3.05. The summed E-state index contributed by atoms with van der Waals surface area (Å²) in [5.41, 5.74) is 8.32. The molecule has 24 heavy (non-hydrogen) atoms. The van der Waals surface area contributed by atoms with Crippen molar-refractivity contribution in [1.29, 1.82) is 0 Å². The largest absolute Gasteiger partial charge is 0.462 e. The summed E-state index contributed by atoms with van der Waals surface area (Å²) in [6, 6.07) is 14.5. The van der Waals surface area contributed by atoms with Crippen molar-refractivity contribution in [2.75, 3.05) is 12.3 Å². The molecule has 0 aliphatic carbocycles. The summed E-state index contributed by atoms with van der Waals surface area (Å²) in [5.74, 6) is 11.3. The fourth-order valence-corrected chi connectivity index (χ4v) is 1.91. The van der Waals surface area contributed by atoms with Gasteiger partial charge in [-0.25, -0.2) is 4.79 Å². The predicted molar refractivity (Wildman–Crippen MR) is 96.1 cm³/mol. The van der Waals surface area contributed by atoms with Gasteiger partial charge in [-0.2, -0.15) is 0 Å². The number of nitrogens with two attached hydrogens (primary N) is 1. The maximum absolute atomic E-state index is 11.8. The van der Waals surface area contributed by atoms with Gasteiger partial charge in [-0.15, -0.1) is 0 Å². The Morgan fingerprint density at radius 2 is 1.58 bits per heavy atom. The van der Waals surface area contributed by atoms with Crippen molar-refractivity contribution in [2.24, 2.45) is 0 Å². The fraction of sp³-hybridized carbons (Fsp3) is 0.0952. The van der Waals surface area contributed by atoms with E-state index in [1.54, 1.807) is 43.3 Å².